The lowest BCUT2D eigenvalue weighted by Crippen LogP contribution is -1.91. The van der Waals surface area contributed by atoms with Crippen LogP contribution in [0.2, 0.25) is 0 Å². The van der Waals surface area contributed by atoms with Crippen molar-refractivity contribution in [2.45, 2.75) is 5.33 Å². The van der Waals surface area contributed by atoms with Crippen molar-refractivity contribution in [3.63, 3.8) is 0 Å². The molecule has 0 bridgehead atoms. The molecule has 2 aromatic heterocycles. The number of pyridine rings is 1. The Kier molecular flexibility index (Phi) is 2.14. The number of nitrogens with zero attached hydrogens (tertiary/aromatic N) is 3. The summed E-state index contributed by atoms with van der Waals surface area (Å²) in [6.07, 6.45) is 3.43. The maximum Gasteiger partial charge on any atom is 0.159 e. The number of fused-ring (bicyclic) bond motifs is 1. The third-order valence-corrected chi connectivity index (χ3v) is 2.60. The number of alkyl halides is 1. The Morgan fingerprint density at radius 2 is 2.33 bits per heavy atom. The second-order valence-corrected chi connectivity index (χ2v) is 3.82. The number of hydrogen-bond acceptors (Lipinski definition) is 2. The molecule has 0 fully saturated rings. The summed E-state index contributed by atoms with van der Waals surface area (Å²) in [5.41, 5.74) is 2.02. The van der Waals surface area contributed by atoms with E-state index in [9.17, 15) is 0 Å². The van der Waals surface area contributed by atoms with Gasteiger partial charge in [-0.1, -0.05) is 15.9 Å². The van der Waals surface area contributed by atoms with Gasteiger partial charge in [0, 0.05) is 21.6 Å². The third kappa shape index (κ3) is 1.27. The molecule has 62 valence electrons. The first-order valence-corrected chi connectivity index (χ1v) is 5.26. The molecule has 2 rings (SSSR count). The SMILES string of the molecule is BrCc1cc(Br)cn2ncnc12. The first-order valence-electron chi connectivity index (χ1n) is 3.35. The molecule has 0 atom stereocenters. The molecule has 0 aliphatic carbocycles. The van der Waals surface area contributed by atoms with Crippen molar-refractivity contribution in [2.24, 2.45) is 0 Å². The predicted octanol–water partition coefficient (Wildman–Crippen LogP) is 2.39. The molecule has 12 heavy (non-hydrogen) atoms. The summed E-state index contributed by atoms with van der Waals surface area (Å²) in [7, 11) is 0. The lowest BCUT2D eigenvalue weighted by Gasteiger charge is -1.98. The lowest BCUT2D eigenvalue weighted by atomic mass is 10.3. The van der Waals surface area contributed by atoms with E-state index in [0.29, 0.717) is 0 Å². The molecule has 2 heterocycles. The van der Waals surface area contributed by atoms with E-state index in [4.69, 9.17) is 0 Å². The van der Waals surface area contributed by atoms with Crippen LogP contribution in [-0.4, -0.2) is 14.6 Å². The van der Waals surface area contributed by atoms with Crippen molar-refractivity contribution >= 4 is 37.5 Å². The van der Waals surface area contributed by atoms with Gasteiger partial charge in [0.2, 0.25) is 0 Å². The summed E-state index contributed by atoms with van der Waals surface area (Å²) < 4.78 is 2.76. The Hall–Kier alpha value is -0.420. The van der Waals surface area contributed by atoms with Crippen molar-refractivity contribution < 1.29 is 0 Å². The monoisotopic (exact) mass is 289 g/mol. The summed E-state index contributed by atoms with van der Waals surface area (Å²) in [5, 5.41) is 4.83. The molecule has 5 heteroatoms. The minimum atomic E-state index is 0.786. The van der Waals surface area contributed by atoms with Gasteiger partial charge in [0.05, 0.1) is 0 Å². The van der Waals surface area contributed by atoms with Gasteiger partial charge >= 0.3 is 0 Å². The maximum absolute atomic E-state index is 4.13. The maximum atomic E-state index is 4.13. The van der Waals surface area contributed by atoms with Gasteiger partial charge < -0.3 is 0 Å². The van der Waals surface area contributed by atoms with Crippen molar-refractivity contribution in [2.75, 3.05) is 0 Å². The van der Waals surface area contributed by atoms with Crippen LogP contribution in [0.25, 0.3) is 5.65 Å². The van der Waals surface area contributed by atoms with E-state index >= 15 is 0 Å². The largest absolute Gasteiger partial charge is 0.220 e. The second kappa shape index (κ2) is 3.14. The van der Waals surface area contributed by atoms with Crippen LogP contribution in [0.3, 0.4) is 0 Å². The molecule has 0 amide bonds. The van der Waals surface area contributed by atoms with Crippen molar-refractivity contribution in [3.8, 4) is 0 Å². The normalized spacial score (nSPS) is 10.8. The molecule has 0 saturated heterocycles. The Morgan fingerprint density at radius 3 is 3.08 bits per heavy atom. The molecule has 0 saturated carbocycles. The number of aromatic nitrogens is 3. The lowest BCUT2D eigenvalue weighted by molar-refractivity contribution is 0.950. The molecule has 0 N–H and O–H groups in total. The molecule has 0 aromatic carbocycles. The van der Waals surface area contributed by atoms with E-state index in [0.717, 1.165) is 21.0 Å². The van der Waals surface area contributed by atoms with Gasteiger partial charge in [-0.15, -0.1) is 0 Å². The zero-order chi connectivity index (χ0) is 8.55. The average Bonchev–Trinajstić information content (AvgIpc) is 2.50. The smallest absolute Gasteiger partial charge is 0.159 e. The van der Waals surface area contributed by atoms with Crippen LogP contribution in [-0.2, 0) is 5.33 Å². The standard InChI is InChI=1S/C7H5Br2N3/c8-2-5-1-6(9)3-12-7(5)10-4-11-12/h1,3-4H,2H2. The van der Waals surface area contributed by atoms with Crippen molar-refractivity contribution in [1.82, 2.24) is 14.6 Å². The molecule has 0 radical (unpaired) electrons. The topological polar surface area (TPSA) is 30.2 Å². The van der Waals surface area contributed by atoms with Gasteiger partial charge in [-0.3, -0.25) is 0 Å². The average molecular weight is 291 g/mol. The first kappa shape index (κ1) is 8.19. The van der Waals surface area contributed by atoms with E-state index < -0.39 is 0 Å². The number of rotatable bonds is 1. The molecule has 0 aliphatic heterocycles. The van der Waals surface area contributed by atoms with Gasteiger partial charge in [0.15, 0.2) is 5.65 Å². The Labute approximate surface area is 86.1 Å². The quantitative estimate of drug-likeness (QED) is 0.755. The zero-order valence-electron chi connectivity index (χ0n) is 6.04. The highest BCUT2D eigenvalue weighted by Crippen LogP contribution is 2.17. The Balaban J connectivity index is 2.80. The van der Waals surface area contributed by atoms with Crippen LogP contribution in [0.1, 0.15) is 5.56 Å². The molecular formula is C7H5Br2N3. The fourth-order valence-corrected chi connectivity index (χ4v) is 1.94. The van der Waals surface area contributed by atoms with Crippen molar-refractivity contribution in [3.05, 3.63) is 28.6 Å². The summed E-state index contributed by atoms with van der Waals surface area (Å²) >= 11 is 6.79. The van der Waals surface area contributed by atoms with Crippen LogP contribution in [0.5, 0.6) is 0 Å². The van der Waals surface area contributed by atoms with Crippen molar-refractivity contribution in [1.29, 1.82) is 0 Å². The van der Waals surface area contributed by atoms with Crippen LogP contribution < -0.4 is 0 Å². The van der Waals surface area contributed by atoms with Gasteiger partial charge in [-0.05, 0) is 22.0 Å². The minimum Gasteiger partial charge on any atom is -0.220 e. The summed E-state index contributed by atoms with van der Waals surface area (Å²) in [4.78, 5) is 4.13. The van der Waals surface area contributed by atoms with Gasteiger partial charge in [0.1, 0.15) is 6.33 Å². The summed E-state index contributed by atoms with van der Waals surface area (Å²) in [5.74, 6) is 0. The van der Waals surface area contributed by atoms with E-state index in [1.54, 1.807) is 10.8 Å². The number of hydrogen-bond donors (Lipinski definition) is 0. The van der Waals surface area contributed by atoms with Gasteiger partial charge in [0.25, 0.3) is 0 Å². The van der Waals surface area contributed by atoms with E-state index in [1.807, 2.05) is 12.3 Å². The molecule has 0 spiro atoms. The predicted molar refractivity (Wildman–Crippen MR) is 53.3 cm³/mol. The van der Waals surface area contributed by atoms with E-state index in [1.165, 1.54) is 0 Å². The van der Waals surface area contributed by atoms with Gasteiger partial charge in [-0.25, -0.2) is 9.50 Å². The van der Waals surface area contributed by atoms with Gasteiger partial charge in [-0.2, -0.15) is 5.10 Å². The molecule has 2 aromatic rings. The van der Waals surface area contributed by atoms with Crippen LogP contribution >= 0.6 is 31.9 Å². The third-order valence-electron chi connectivity index (χ3n) is 1.56. The summed E-state index contributed by atoms with van der Waals surface area (Å²) in [6, 6.07) is 2.03. The van der Waals surface area contributed by atoms with Crippen LogP contribution in [0.15, 0.2) is 23.1 Å². The molecular weight excluding hydrogens is 286 g/mol. The van der Waals surface area contributed by atoms with E-state index in [2.05, 4.69) is 41.9 Å². The Morgan fingerprint density at radius 1 is 1.50 bits per heavy atom. The second-order valence-electron chi connectivity index (χ2n) is 2.35. The molecule has 0 unspecified atom stereocenters. The molecule has 3 nitrogen and oxygen atoms in total. The highest BCUT2D eigenvalue weighted by molar-refractivity contribution is 9.10. The first-order chi connectivity index (χ1) is 5.81. The fourth-order valence-electron chi connectivity index (χ4n) is 1.06. The molecule has 0 aliphatic rings. The van der Waals surface area contributed by atoms with E-state index in [-0.39, 0.29) is 0 Å². The van der Waals surface area contributed by atoms with Crippen LogP contribution in [0.4, 0.5) is 0 Å². The highest BCUT2D eigenvalue weighted by Gasteiger charge is 2.02. The summed E-state index contributed by atoms with van der Waals surface area (Å²) in [6.45, 7) is 0. The number of halogens is 2. The fraction of sp³-hybridized carbons (Fsp3) is 0.143. The van der Waals surface area contributed by atoms with Crippen LogP contribution in [0, 0.1) is 0 Å². The highest BCUT2D eigenvalue weighted by atomic mass is 79.9. The minimum absolute atomic E-state index is 0.786. The zero-order valence-corrected chi connectivity index (χ0v) is 9.21. The Bertz CT molecular complexity index is 410.